The lowest BCUT2D eigenvalue weighted by molar-refractivity contribution is 0.0645. The number of pyridine rings is 1. The van der Waals surface area contributed by atoms with Gasteiger partial charge in [-0.25, -0.2) is 0 Å². The van der Waals surface area contributed by atoms with E-state index in [0.717, 1.165) is 31.7 Å². The number of nitrogens with zero attached hydrogens (tertiary/aromatic N) is 2. The Labute approximate surface area is 115 Å². The van der Waals surface area contributed by atoms with Gasteiger partial charge >= 0.3 is 0 Å². The van der Waals surface area contributed by atoms with E-state index in [1.54, 1.807) is 6.20 Å². The van der Waals surface area contributed by atoms with Crippen molar-refractivity contribution in [1.82, 2.24) is 15.2 Å². The van der Waals surface area contributed by atoms with Crippen LogP contribution in [-0.2, 0) is 0 Å². The molecule has 19 heavy (non-hydrogen) atoms. The highest BCUT2D eigenvalue weighted by Crippen LogP contribution is 2.18. The molecule has 1 aliphatic heterocycles. The molecule has 0 spiro atoms. The standard InChI is InChI=1S/C15H23N3O/c1-4-16-14-7-8-18(10-11(14)2)15(19)13-6-5-12(3)17-9-13/h5-6,9,11,14,16H,4,7-8,10H2,1-3H3. The third-order valence-electron chi connectivity index (χ3n) is 3.82. The highest BCUT2D eigenvalue weighted by Gasteiger charge is 2.28. The van der Waals surface area contributed by atoms with E-state index < -0.39 is 0 Å². The van der Waals surface area contributed by atoms with Crippen LogP contribution in [0.4, 0.5) is 0 Å². The summed E-state index contributed by atoms with van der Waals surface area (Å²) in [4.78, 5) is 18.5. The summed E-state index contributed by atoms with van der Waals surface area (Å²) in [5.41, 5.74) is 1.63. The second-order valence-electron chi connectivity index (χ2n) is 5.37. The predicted molar refractivity (Wildman–Crippen MR) is 76.1 cm³/mol. The number of rotatable bonds is 3. The van der Waals surface area contributed by atoms with Gasteiger partial charge in [-0.15, -0.1) is 0 Å². The van der Waals surface area contributed by atoms with Crippen LogP contribution in [0.15, 0.2) is 18.3 Å². The molecule has 104 valence electrons. The third kappa shape index (κ3) is 3.32. The Bertz CT molecular complexity index is 430. The number of nitrogens with one attached hydrogen (secondary N) is 1. The van der Waals surface area contributed by atoms with Crippen LogP contribution >= 0.6 is 0 Å². The number of carbonyl (C=O) groups excluding carboxylic acids is 1. The minimum absolute atomic E-state index is 0.106. The predicted octanol–water partition coefficient (Wildman–Crippen LogP) is 1.85. The molecule has 2 unspecified atom stereocenters. The molecule has 2 rings (SSSR count). The Morgan fingerprint density at radius 3 is 2.89 bits per heavy atom. The van der Waals surface area contributed by atoms with Gasteiger partial charge in [0.15, 0.2) is 0 Å². The van der Waals surface area contributed by atoms with Crippen LogP contribution in [-0.4, -0.2) is 41.5 Å². The van der Waals surface area contributed by atoms with Crippen molar-refractivity contribution in [3.8, 4) is 0 Å². The summed E-state index contributed by atoms with van der Waals surface area (Å²) in [7, 11) is 0. The van der Waals surface area contributed by atoms with E-state index in [0.29, 0.717) is 17.5 Å². The van der Waals surface area contributed by atoms with Crippen molar-refractivity contribution in [2.75, 3.05) is 19.6 Å². The Kier molecular flexibility index (Phi) is 4.53. The van der Waals surface area contributed by atoms with Crippen LogP contribution in [0, 0.1) is 12.8 Å². The molecule has 0 bridgehead atoms. The molecule has 1 aromatic rings. The summed E-state index contributed by atoms with van der Waals surface area (Å²) in [6.07, 6.45) is 2.71. The molecular weight excluding hydrogens is 238 g/mol. The van der Waals surface area contributed by atoms with Crippen molar-refractivity contribution < 1.29 is 4.79 Å². The molecule has 0 aromatic carbocycles. The van der Waals surface area contributed by atoms with Crippen molar-refractivity contribution in [1.29, 1.82) is 0 Å². The van der Waals surface area contributed by atoms with Crippen molar-refractivity contribution in [2.24, 2.45) is 5.92 Å². The lowest BCUT2D eigenvalue weighted by atomic mass is 9.93. The Morgan fingerprint density at radius 1 is 1.53 bits per heavy atom. The summed E-state index contributed by atoms with van der Waals surface area (Å²) in [5, 5.41) is 3.49. The number of carbonyl (C=O) groups is 1. The molecule has 1 saturated heterocycles. The third-order valence-corrected chi connectivity index (χ3v) is 3.82. The smallest absolute Gasteiger partial charge is 0.255 e. The maximum Gasteiger partial charge on any atom is 0.255 e. The Balaban J connectivity index is 2.00. The molecule has 1 aliphatic rings. The Hall–Kier alpha value is -1.42. The summed E-state index contributed by atoms with van der Waals surface area (Å²) in [5.74, 6) is 0.602. The fourth-order valence-electron chi connectivity index (χ4n) is 2.67. The van der Waals surface area contributed by atoms with Gasteiger partial charge in [-0.1, -0.05) is 13.8 Å². The first-order chi connectivity index (χ1) is 9.11. The molecule has 4 heteroatoms. The van der Waals surface area contributed by atoms with Gasteiger partial charge in [-0.05, 0) is 37.9 Å². The van der Waals surface area contributed by atoms with Gasteiger partial charge in [0, 0.05) is 31.0 Å². The first-order valence-electron chi connectivity index (χ1n) is 7.07. The van der Waals surface area contributed by atoms with E-state index in [1.165, 1.54) is 0 Å². The van der Waals surface area contributed by atoms with Gasteiger partial charge in [-0.3, -0.25) is 9.78 Å². The first kappa shape index (κ1) is 14.0. The van der Waals surface area contributed by atoms with Crippen LogP contribution in [0.2, 0.25) is 0 Å². The molecule has 2 heterocycles. The zero-order valence-corrected chi connectivity index (χ0v) is 12.0. The molecule has 1 amide bonds. The number of aryl methyl sites for hydroxylation is 1. The van der Waals surface area contributed by atoms with Gasteiger partial charge in [0.25, 0.3) is 5.91 Å². The second-order valence-corrected chi connectivity index (χ2v) is 5.37. The van der Waals surface area contributed by atoms with E-state index in [2.05, 4.69) is 24.1 Å². The summed E-state index contributed by atoms with van der Waals surface area (Å²) in [6.45, 7) is 8.91. The fraction of sp³-hybridized carbons (Fsp3) is 0.600. The van der Waals surface area contributed by atoms with E-state index in [9.17, 15) is 4.79 Å². The van der Waals surface area contributed by atoms with Crippen LogP contribution < -0.4 is 5.32 Å². The molecule has 1 N–H and O–H groups in total. The van der Waals surface area contributed by atoms with Gasteiger partial charge in [0.05, 0.1) is 5.56 Å². The quantitative estimate of drug-likeness (QED) is 0.903. The van der Waals surface area contributed by atoms with E-state index in [4.69, 9.17) is 0 Å². The molecule has 2 atom stereocenters. The summed E-state index contributed by atoms with van der Waals surface area (Å²) >= 11 is 0. The largest absolute Gasteiger partial charge is 0.338 e. The van der Waals surface area contributed by atoms with Crippen molar-refractivity contribution in [3.63, 3.8) is 0 Å². The molecule has 0 aliphatic carbocycles. The van der Waals surface area contributed by atoms with Crippen LogP contribution in [0.1, 0.15) is 36.3 Å². The van der Waals surface area contributed by atoms with Gasteiger partial charge in [-0.2, -0.15) is 0 Å². The SMILES string of the molecule is CCNC1CCN(C(=O)c2ccc(C)nc2)CC1C. The maximum absolute atomic E-state index is 12.4. The summed E-state index contributed by atoms with van der Waals surface area (Å²) in [6, 6.07) is 4.29. The van der Waals surface area contributed by atoms with Crippen molar-refractivity contribution >= 4 is 5.91 Å². The van der Waals surface area contributed by atoms with Gasteiger partial charge in [0.1, 0.15) is 0 Å². The fourth-order valence-corrected chi connectivity index (χ4v) is 2.67. The zero-order chi connectivity index (χ0) is 13.8. The van der Waals surface area contributed by atoms with E-state index >= 15 is 0 Å². The molecule has 1 fully saturated rings. The molecule has 1 aromatic heterocycles. The molecular formula is C15H23N3O. The van der Waals surface area contributed by atoms with E-state index in [1.807, 2.05) is 24.0 Å². The number of aromatic nitrogens is 1. The number of likely N-dealkylation sites (tertiary alicyclic amines) is 1. The maximum atomic E-state index is 12.4. The van der Waals surface area contributed by atoms with Gasteiger partial charge in [0.2, 0.25) is 0 Å². The summed E-state index contributed by atoms with van der Waals surface area (Å²) < 4.78 is 0. The molecule has 0 radical (unpaired) electrons. The monoisotopic (exact) mass is 261 g/mol. The second kappa shape index (κ2) is 6.15. The number of amides is 1. The van der Waals surface area contributed by atoms with Gasteiger partial charge < -0.3 is 10.2 Å². The number of hydrogen-bond acceptors (Lipinski definition) is 3. The molecule has 4 nitrogen and oxygen atoms in total. The highest BCUT2D eigenvalue weighted by atomic mass is 16.2. The van der Waals surface area contributed by atoms with Crippen LogP contribution in [0.25, 0.3) is 0 Å². The molecule has 0 saturated carbocycles. The highest BCUT2D eigenvalue weighted by molar-refractivity contribution is 5.94. The average Bonchev–Trinajstić information content (AvgIpc) is 2.41. The lowest BCUT2D eigenvalue weighted by Crippen LogP contribution is -2.50. The lowest BCUT2D eigenvalue weighted by Gasteiger charge is -2.37. The van der Waals surface area contributed by atoms with Crippen LogP contribution in [0.3, 0.4) is 0 Å². The zero-order valence-electron chi connectivity index (χ0n) is 12.0. The number of piperidine rings is 1. The van der Waals surface area contributed by atoms with Crippen LogP contribution in [0.5, 0.6) is 0 Å². The average molecular weight is 261 g/mol. The Morgan fingerprint density at radius 2 is 2.32 bits per heavy atom. The minimum atomic E-state index is 0.106. The van der Waals surface area contributed by atoms with Crippen molar-refractivity contribution in [3.05, 3.63) is 29.6 Å². The van der Waals surface area contributed by atoms with E-state index in [-0.39, 0.29) is 5.91 Å². The topological polar surface area (TPSA) is 45.2 Å². The first-order valence-corrected chi connectivity index (χ1v) is 7.07. The normalized spacial score (nSPS) is 23.4. The number of hydrogen-bond donors (Lipinski definition) is 1. The van der Waals surface area contributed by atoms with Crippen molar-refractivity contribution in [2.45, 2.75) is 33.2 Å². The minimum Gasteiger partial charge on any atom is -0.338 e.